The van der Waals surface area contributed by atoms with Crippen LogP contribution < -0.4 is 10.2 Å². The molecule has 2 aliphatic rings. The Morgan fingerprint density at radius 1 is 1.29 bits per heavy atom. The molecule has 1 aliphatic carbocycles. The number of rotatable bonds is 6. The third kappa shape index (κ3) is 3.97. The monoisotopic (exact) mass is 352 g/mol. The number of guanidine groups is 1. The normalized spacial score (nSPS) is 20.4. The first-order chi connectivity index (χ1) is 11.7. The van der Waals surface area contributed by atoms with Gasteiger partial charge in [0.05, 0.1) is 13.2 Å². The molecule has 0 unspecified atom stereocenters. The molecule has 0 amide bonds. The second kappa shape index (κ2) is 7.65. The average molecular weight is 353 g/mol. The van der Waals surface area contributed by atoms with E-state index in [-0.39, 0.29) is 12.0 Å². The standard InChI is InChI=1S/C16H28N6OS/c1-3-13-19-15(24-20-13)22-9-7-21(8-10-22)14(17-4-2)18-11-16(12-23)5-6-16/h23H,3-12H2,1-2H3,(H,17,18). The molecule has 0 aromatic carbocycles. The fraction of sp³-hybridized carbons (Fsp3) is 0.812. The fourth-order valence-electron chi connectivity index (χ4n) is 2.84. The topological polar surface area (TPSA) is 76.9 Å². The van der Waals surface area contributed by atoms with Gasteiger partial charge in [-0.2, -0.15) is 4.37 Å². The number of piperazine rings is 1. The molecular formula is C16H28N6OS. The smallest absolute Gasteiger partial charge is 0.205 e. The first-order valence-electron chi connectivity index (χ1n) is 8.91. The number of aliphatic hydroxyl groups excluding tert-OH is 1. The summed E-state index contributed by atoms with van der Waals surface area (Å²) in [5.74, 6) is 1.91. The molecule has 1 saturated carbocycles. The van der Waals surface area contributed by atoms with E-state index in [2.05, 4.69) is 38.3 Å². The molecule has 1 aromatic rings. The van der Waals surface area contributed by atoms with Gasteiger partial charge in [0.25, 0.3) is 0 Å². The molecule has 3 rings (SSSR count). The van der Waals surface area contributed by atoms with Crippen LogP contribution in [0.1, 0.15) is 32.5 Å². The Kier molecular flexibility index (Phi) is 5.55. The van der Waals surface area contributed by atoms with E-state index in [0.29, 0.717) is 0 Å². The molecule has 1 aliphatic heterocycles. The maximum absolute atomic E-state index is 9.47. The van der Waals surface area contributed by atoms with Crippen LogP contribution in [0.2, 0.25) is 0 Å². The number of aliphatic hydroxyl groups is 1. The summed E-state index contributed by atoms with van der Waals surface area (Å²) in [6, 6.07) is 0. The number of aromatic nitrogens is 2. The van der Waals surface area contributed by atoms with Gasteiger partial charge in [-0.05, 0) is 19.8 Å². The van der Waals surface area contributed by atoms with Crippen molar-refractivity contribution in [3.05, 3.63) is 5.82 Å². The molecule has 1 aromatic heterocycles. The Morgan fingerprint density at radius 3 is 2.58 bits per heavy atom. The van der Waals surface area contributed by atoms with E-state index in [1.54, 1.807) is 0 Å². The second-order valence-electron chi connectivity index (χ2n) is 6.65. The predicted molar refractivity (Wildman–Crippen MR) is 97.8 cm³/mol. The minimum Gasteiger partial charge on any atom is -0.396 e. The van der Waals surface area contributed by atoms with Crippen molar-refractivity contribution in [1.29, 1.82) is 0 Å². The largest absolute Gasteiger partial charge is 0.396 e. The molecule has 0 bridgehead atoms. The molecule has 24 heavy (non-hydrogen) atoms. The Balaban J connectivity index is 1.57. The summed E-state index contributed by atoms with van der Waals surface area (Å²) < 4.78 is 4.38. The van der Waals surface area contributed by atoms with Crippen molar-refractivity contribution in [3.8, 4) is 0 Å². The first-order valence-corrected chi connectivity index (χ1v) is 9.68. The van der Waals surface area contributed by atoms with Gasteiger partial charge in [-0.1, -0.05) is 6.92 Å². The van der Waals surface area contributed by atoms with Crippen molar-refractivity contribution in [1.82, 2.24) is 19.6 Å². The number of nitrogens with zero attached hydrogens (tertiary/aromatic N) is 5. The zero-order valence-corrected chi connectivity index (χ0v) is 15.5. The minimum absolute atomic E-state index is 0.0611. The van der Waals surface area contributed by atoms with Crippen LogP contribution in [0.3, 0.4) is 0 Å². The lowest BCUT2D eigenvalue weighted by Gasteiger charge is -2.36. The molecule has 2 heterocycles. The van der Waals surface area contributed by atoms with Crippen molar-refractivity contribution >= 4 is 22.6 Å². The fourth-order valence-corrected chi connectivity index (χ4v) is 3.64. The molecule has 134 valence electrons. The first kappa shape index (κ1) is 17.4. The van der Waals surface area contributed by atoms with Crippen molar-refractivity contribution in [3.63, 3.8) is 0 Å². The van der Waals surface area contributed by atoms with Crippen LogP contribution in [-0.4, -0.2) is 71.2 Å². The van der Waals surface area contributed by atoms with Crippen LogP contribution in [0.25, 0.3) is 0 Å². The van der Waals surface area contributed by atoms with Crippen LogP contribution in [0.4, 0.5) is 5.13 Å². The highest BCUT2D eigenvalue weighted by molar-refractivity contribution is 7.09. The lowest BCUT2D eigenvalue weighted by molar-refractivity contribution is 0.216. The lowest BCUT2D eigenvalue weighted by Crippen LogP contribution is -2.52. The molecule has 2 N–H and O–H groups in total. The lowest BCUT2D eigenvalue weighted by atomic mass is 10.1. The van der Waals surface area contributed by atoms with E-state index in [9.17, 15) is 5.11 Å². The van der Waals surface area contributed by atoms with Crippen LogP contribution in [0.5, 0.6) is 0 Å². The van der Waals surface area contributed by atoms with E-state index >= 15 is 0 Å². The van der Waals surface area contributed by atoms with E-state index in [1.165, 1.54) is 11.5 Å². The summed E-state index contributed by atoms with van der Waals surface area (Å²) >= 11 is 1.50. The van der Waals surface area contributed by atoms with Gasteiger partial charge in [-0.3, -0.25) is 4.99 Å². The molecule has 8 heteroatoms. The van der Waals surface area contributed by atoms with Crippen molar-refractivity contribution in [2.24, 2.45) is 10.4 Å². The van der Waals surface area contributed by atoms with Gasteiger partial charge in [-0.25, -0.2) is 4.98 Å². The third-order valence-corrected chi connectivity index (χ3v) is 5.63. The molecule has 0 spiro atoms. The number of anilines is 1. The number of aryl methyl sites for hydroxylation is 1. The van der Waals surface area contributed by atoms with Crippen molar-refractivity contribution < 1.29 is 5.11 Å². The van der Waals surface area contributed by atoms with Gasteiger partial charge in [0.1, 0.15) is 5.82 Å². The Bertz CT molecular complexity index is 563. The number of nitrogens with one attached hydrogen (secondary N) is 1. The van der Waals surface area contributed by atoms with Crippen LogP contribution in [0.15, 0.2) is 4.99 Å². The van der Waals surface area contributed by atoms with Gasteiger partial charge < -0.3 is 20.2 Å². The van der Waals surface area contributed by atoms with Gasteiger partial charge in [0, 0.05) is 56.1 Å². The van der Waals surface area contributed by atoms with Gasteiger partial charge >= 0.3 is 0 Å². The quantitative estimate of drug-likeness (QED) is 0.587. The molecule has 0 atom stereocenters. The average Bonchev–Trinajstić information content (AvgIpc) is 3.25. The Morgan fingerprint density at radius 2 is 2.04 bits per heavy atom. The van der Waals surface area contributed by atoms with Gasteiger partial charge in [0.15, 0.2) is 5.96 Å². The predicted octanol–water partition coefficient (Wildman–Crippen LogP) is 0.960. The molecule has 2 fully saturated rings. The number of aliphatic imine (C=N–C) groups is 1. The summed E-state index contributed by atoms with van der Waals surface area (Å²) in [5, 5.41) is 13.9. The molecule has 1 saturated heterocycles. The highest BCUT2D eigenvalue weighted by atomic mass is 32.1. The number of hydrogen-bond acceptors (Lipinski definition) is 6. The molecule has 0 radical (unpaired) electrons. The summed E-state index contributed by atoms with van der Waals surface area (Å²) in [7, 11) is 0. The van der Waals surface area contributed by atoms with E-state index in [1.807, 2.05) is 0 Å². The van der Waals surface area contributed by atoms with Crippen molar-refractivity contribution in [2.45, 2.75) is 33.1 Å². The van der Waals surface area contributed by atoms with Crippen molar-refractivity contribution in [2.75, 3.05) is 50.8 Å². The van der Waals surface area contributed by atoms with Gasteiger partial charge in [0.2, 0.25) is 5.13 Å². The maximum atomic E-state index is 9.47. The van der Waals surface area contributed by atoms with Gasteiger partial charge in [-0.15, -0.1) is 0 Å². The van der Waals surface area contributed by atoms with Crippen LogP contribution >= 0.6 is 11.5 Å². The minimum atomic E-state index is 0.0611. The summed E-state index contributed by atoms with van der Waals surface area (Å²) in [6.07, 6.45) is 3.08. The maximum Gasteiger partial charge on any atom is 0.205 e. The SMILES string of the molecule is CCNC(=NCC1(CO)CC1)N1CCN(c2nc(CC)ns2)CC1. The van der Waals surface area contributed by atoms with E-state index < -0.39 is 0 Å². The second-order valence-corrected chi connectivity index (χ2v) is 7.38. The zero-order valence-electron chi connectivity index (χ0n) is 14.7. The Labute approximate surface area is 148 Å². The van der Waals surface area contributed by atoms with E-state index in [0.717, 1.165) is 75.4 Å². The van der Waals surface area contributed by atoms with Crippen LogP contribution in [0, 0.1) is 5.41 Å². The summed E-state index contributed by atoms with van der Waals surface area (Å²) in [5.41, 5.74) is 0.0611. The van der Waals surface area contributed by atoms with E-state index in [4.69, 9.17) is 4.99 Å². The highest BCUT2D eigenvalue weighted by Crippen LogP contribution is 2.45. The molecular weight excluding hydrogens is 324 g/mol. The Hall–Kier alpha value is -1.41. The highest BCUT2D eigenvalue weighted by Gasteiger charge is 2.42. The number of hydrogen-bond donors (Lipinski definition) is 2. The summed E-state index contributed by atoms with van der Waals surface area (Å²) in [4.78, 5) is 14.0. The third-order valence-electron chi connectivity index (χ3n) is 4.81. The zero-order chi connectivity index (χ0) is 17.0. The summed E-state index contributed by atoms with van der Waals surface area (Å²) in [6.45, 7) is 9.75. The molecule has 7 nitrogen and oxygen atoms in total. The van der Waals surface area contributed by atoms with Crippen LogP contribution in [-0.2, 0) is 6.42 Å².